The number of halogens is 1. The molecule has 0 aromatic heterocycles. The molecule has 0 amide bonds. The van der Waals surface area contributed by atoms with E-state index in [1.807, 2.05) is 13.8 Å². The summed E-state index contributed by atoms with van der Waals surface area (Å²) in [6, 6.07) is 11.0. The van der Waals surface area contributed by atoms with E-state index in [9.17, 15) is 18.0 Å². The fourth-order valence-electron chi connectivity index (χ4n) is 2.62. The summed E-state index contributed by atoms with van der Waals surface area (Å²) in [5.41, 5.74) is 0.942. The topological polar surface area (TPSA) is 68.3 Å². The SMILES string of the molecule is CC(C)CCc1cc(C(=O)S)cc(S(=O)(=O)Cl)c1C(=O)c1ccccc1. The highest BCUT2D eigenvalue weighted by atomic mass is 35.7. The molecular formula is C19H19ClO4S2. The number of thiol groups is 1. The molecule has 2 aromatic carbocycles. The van der Waals surface area contributed by atoms with Crippen molar-refractivity contribution in [1.82, 2.24) is 0 Å². The Bertz CT molecular complexity index is 936. The summed E-state index contributed by atoms with van der Waals surface area (Å²) in [7, 11) is 1.35. The van der Waals surface area contributed by atoms with Crippen molar-refractivity contribution in [3.8, 4) is 0 Å². The first-order valence-corrected chi connectivity index (χ1v) is 10.8. The van der Waals surface area contributed by atoms with Crippen molar-refractivity contribution in [2.24, 2.45) is 5.92 Å². The Morgan fingerprint density at radius 1 is 1.08 bits per heavy atom. The average molecular weight is 411 g/mol. The van der Waals surface area contributed by atoms with Crippen LogP contribution in [0, 0.1) is 5.92 Å². The van der Waals surface area contributed by atoms with Crippen LogP contribution in [0.1, 0.15) is 52.1 Å². The summed E-state index contributed by atoms with van der Waals surface area (Å²) >= 11 is 3.78. The van der Waals surface area contributed by atoms with Crippen LogP contribution in [0.25, 0.3) is 0 Å². The molecule has 0 heterocycles. The number of benzene rings is 2. The molecular weight excluding hydrogens is 392 g/mol. The van der Waals surface area contributed by atoms with Crippen LogP contribution in [0.4, 0.5) is 0 Å². The molecule has 0 atom stereocenters. The molecule has 0 saturated carbocycles. The highest BCUT2D eigenvalue weighted by molar-refractivity contribution is 8.13. The van der Waals surface area contributed by atoms with E-state index in [2.05, 4.69) is 12.6 Å². The lowest BCUT2D eigenvalue weighted by Gasteiger charge is -2.15. The van der Waals surface area contributed by atoms with Crippen LogP contribution in [0.5, 0.6) is 0 Å². The molecule has 0 fully saturated rings. The Morgan fingerprint density at radius 3 is 2.19 bits per heavy atom. The molecule has 26 heavy (non-hydrogen) atoms. The second-order valence-electron chi connectivity index (χ2n) is 6.38. The van der Waals surface area contributed by atoms with Crippen LogP contribution < -0.4 is 0 Å². The van der Waals surface area contributed by atoms with Gasteiger partial charge >= 0.3 is 0 Å². The van der Waals surface area contributed by atoms with Gasteiger partial charge in [0.2, 0.25) is 5.12 Å². The molecule has 138 valence electrons. The standard InChI is InChI=1S/C19H19ClO4S2/c1-12(2)8-9-14-10-15(19(22)25)11-16(26(20,23)24)17(14)18(21)13-6-4-3-5-7-13/h3-7,10-12H,8-9H2,1-2H3,(H,22,25). The largest absolute Gasteiger partial charge is 0.289 e. The van der Waals surface area contributed by atoms with Gasteiger partial charge in [0.1, 0.15) is 0 Å². The zero-order chi connectivity index (χ0) is 19.5. The molecule has 7 heteroatoms. The van der Waals surface area contributed by atoms with Crippen LogP contribution in [-0.2, 0) is 15.5 Å². The third-order valence-corrected chi connectivity index (χ3v) is 5.55. The zero-order valence-corrected chi connectivity index (χ0v) is 16.9. The van der Waals surface area contributed by atoms with E-state index < -0.39 is 19.9 Å². The number of aryl methyl sites for hydroxylation is 1. The van der Waals surface area contributed by atoms with E-state index in [0.29, 0.717) is 23.5 Å². The van der Waals surface area contributed by atoms with E-state index >= 15 is 0 Å². The van der Waals surface area contributed by atoms with E-state index in [1.165, 1.54) is 6.07 Å². The normalized spacial score (nSPS) is 11.6. The zero-order valence-electron chi connectivity index (χ0n) is 14.4. The summed E-state index contributed by atoms with van der Waals surface area (Å²) < 4.78 is 24.3. The fraction of sp³-hybridized carbons (Fsp3) is 0.263. The quantitative estimate of drug-likeness (QED) is 0.414. The highest BCUT2D eigenvalue weighted by Crippen LogP contribution is 2.30. The van der Waals surface area contributed by atoms with Crippen LogP contribution >= 0.6 is 23.3 Å². The molecule has 2 rings (SSSR count). The summed E-state index contributed by atoms with van der Waals surface area (Å²) in [4.78, 5) is 24.4. The Labute approximate surface area is 163 Å². The lowest BCUT2D eigenvalue weighted by Crippen LogP contribution is -2.13. The Hall–Kier alpha value is -1.63. The molecule has 0 bridgehead atoms. The van der Waals surface area contributed by atoms with E-state index in [1.54, 1.807) is 30.3 Å². The van der Waals surface area contributed by atoms with Crippen LogP contribution in [0.3, 0.4) is 0 Å². The molecule has 0 radical (unpaired) electrons. The van der Waals surface area contributed by atoms with Crippen molar-refractivity contribution < 1.29 is 18.0 Å². The second kappa shape index (κ2) is 8.37. The maximum atomic E-state index is 13.0. The first-order valence-electron chi connectivity index (χ1n) is 8.06. The van der Waals surface area contributed by atoms with Crippen LogP contribution in [-0.4, -0.2) is 19.3 Å². The Morgan fingerprint density at radius 2 is 1.69 bits per heavy atom. The van der Waals surface area contributed by atoms with Crippen LogP contribution in [0.15, 0.2) is 47.4 Å². The third kappa shape index (κ3) is 4.96. The van der Waals surface area contributed by atoms with Gasteiger partial charge in [-0.25, -0.2) is 8.42 Å². The molecule has 0 N–H and O–H groups in total. The monoisotopic (exact) mass is 410 g/mol. The first-order chi connectivity index (χ1) is 12.1. The predicted molar refractivity (Wildman–Crippen MR) is 106 cm³/mol. The third-order valence-electron chi connectivity index (χ3n) is 3.95. The van der Waals surface area contributed by atoms with Gasteiger partial charge < -0.3 is 0 Å². The molecule has 0 aliphatic heterocycles. The van der Waals surface area contributed by atoms with Gasteiger partial charge in [-0.05, 0) is 36.5 Å². The van der Waals surface area contributed by atoms with Gasteiger partial charge in [-0.3, -0.25) is 9.59 Å². The maximum Gasteiger partial charge on any atom is 0.262 e. The van der Waals surface area contributed by atoms with Crippen molar-refractivity contribution in [1.29, 1.82) is 0 Å². The molecule has 0 aliphatic carbocycles. The van der Waals surface area contributed by atoms with Crippen molar-refractivity contribution in [3.05, 3.63) is 64.7 Å². The van der Waals surface area contributed by atoms with Crippen molar-refractivity contribution in [2.45, 2.75) is 31.6 Å². The number of rotatable bonds is 7. The van der Waals surface area contributed by atoms with E-state index in [-0.39, 0.29) is 16.0 Å². The average Bonchev–Trinajstić information content (AvgIpc) is 2.58. The summed E-state index contributed by atoms with van der Waals surface area (Å²) in [6.07, 6.45) is 1.17. The predicted octanol–water partition coefficient (Wildman–Crippen LogP) is 4.50. The molecule has 0 unspecified atom stereocenters. The Balaban J connectivity index is 2.76. The minimum atomic E-state index is -4.24. The fourth-order valence-corrected chi connectivity index (χ4v) is 3.85. The van der Waals surface area contributed by atoms with Crippen LogP contribution in [0.2, 0.25) is 0 Å². The molecule has 2 aromatic rings. The number of carbonyl (C=O) groups excluding carboxylic acids is 2. The second-order valence-corrected chi connectivity index (χ2v) is 9.32. The Kier molecular flexibility index (Phi) is 6.66. The smallest absolute Gasteiger partial charge is 0.262 e. The summed E-state index contributed by atoms with van der Waals surface area (Å²) in [6.45, 7) is 4.04. The van der Waals surface area contributed by atoms with Gasteiger partial charge in [-0.15, -0.1) is 12.6 Å². The molecule has 0 spiro atoms. The number of hydrogen-bond donors (Lipinski definition) is 1. The van der Waals surface area contributed by atoms with Crippen molar-refractivity contribution in [2.75, 3.05) is 0 Å². The van der Waals surface area contributed by atoms with Gasteiger partial charge in [0, 0.05) is 27.4 Å². The highest BCUT2D eigenvalue weighted by Gasteiger charge is 2.26. The van der Waals surface area contributed by atoms with Gasteiger partial charge in [-0.2, -0.15) is 0 Å². The summed E-state index contributed by atoms with van der Waals surface area (Å²) in [5.74, 6) is -0.108. The number of ketones is 1. The molecule has 0 saturated heterocycles. The van der Waals surface area contributed by atoms with Gasteiger partial charge in [0.05, 0.1) is 4.90 Å². The lowest BCUT2D eigenvalue weighted by molar-refractivity contribution is 0.103. The van der Waals surface area contributed by atoms with E-state index in [0.717, 1.165) is 12.5 Å². The molecule has 4 nitrogen and oxygen atoms in total. The first kappa shape index (κ1) is 20.7. The molecule has 0 aliphatic rings. The minimum absolute atomic E-state index is 0.0187. The van der Waals surface area contributed by atoms with E-state index in [4.69, 9.17) is 10.7 Å². The number of hydrogen-bond acceptors (Lipinski definition) is 4. The minimum Gasteiger partial charge on any atom is -0.289 e. The van der Waals surface area contributed by atoms with Crippen molar-refractivity contribution >= 4 is 43.3 Å². The van der Waals surface area contributed by atoms with Gasteiger partial charge in [-0.1, -0.05) is 44.2 Å². The number of carbonyl (C=O) groups is 2. The van der Waals surface area contributed by atoms with Crippen molar-refractivity contribution in [3.63, 3.8) is 0 Å². The summed E-state index contributed by atoms with van der Waals surface area (Å²) in [5, 5.41) is -0.587. The van der Waals surface area contributed by atoms with Gasteiger partial charge in [0.15, 0.2) is 5.78 Å². The maximum absolute atomic E-state index is 13.0. The lowest BCUT2D eigenvalue weighted by atomic mass is 9.92. The van der Waals surface area contributed by atoms with Gasteiger partial charge in [0.25, 0.3) is 9.05 Å².